The van der Waals surface area contributed by atoms with Crippen molar-refractivity contribution in [1.29, 1.82) is 0 Å². The van der Waals surface area contributed by atoms with Crippen molar-refractivity contribution in [1.82, 2.24) is 10.2 Å². The highest BCUT2D eigenvalue weighted by atomic mass is 16.3. The topological polar surface area (TPSA) is 86.7 Å². The van der Waals surface area contributed by atoms with E-state index in [9.17, 15) is 19.5 Å². The number of aliphatic hydroxyl groups is 1. The highest BCUT2D eigenvalue weighted by molar-refractivity contribution is 6.16. The zero-order valence-electron chi connectivity index (χ0n) is 13.7. The van der Waals surface area contributed by atoms with E-state index in [-0.39, 0.29) is 0 Å². The smallest absolute Gasteiger partial charge is 0.330 e. The molecule has 1 saturated heterocycles. The van der Waals surface area contributed by atoms with Crippen LogP contribution in [0.2, 0.25) is 0 Å². The van der Waals surface area contributed by atoms with Crippen molar-refractivity contribution in [3.63, 3.8) is 0 Å². The fourth-order valence-corrected chi connectivity index (χ4v) is 3.19. The molecule has 1 aliphatic carbocycles. The summed E-state index contributed by atoms with van der Waals surface area (Å²) in [4.78, 5) is 37.4. The van der Waals surface area contributed by atoms with Crippen LogP contribution in [0.3, 0.4) is 0 Å². The molecular formula is C17H26N2O4. The van der Waals surface area contributed by atoms with Gasteiger partial charge in [0.25, 0.3) is 0 Å². The van der Waals surface area contributed by atoms with Gasteiger partial charge in [-0.25, -0.2) is 4.79 Å². The van der Waals surface area contributed by atoms with Crippen molar-refractivity contribution in [3.8, 4) is 0 Å². The molecule has 0 radical (unpaired) electrons. The Morgan fingerprint density at radius 2 is 2.09 bits per heavy atom. The van der Waals surface area contributed by atoms with Crippen LogP contribution in [0.4, 0.5) is 4.79 Å². The summed E-state index contributed by atoms with van der Waals surface area (Å²) in [5.74, 6) is -2.43. The summed E-state index contributed by atoms with van der Waals surface area (Å²) in [6.45, 7) is 2.38. The summed E-state index contributed by atoms with van der Waals surface area (Å²) in [6, 6.07) is -0.667. The average molecular weight is 322 g/mol. The molecule has 2 rings (SSSR count). The van der Waals surface area contributed by atoms with Gasteiger partial charge in [0, 0.05) is 6.54 Å². The Hall–Kier alpha value is -1.69. The van der Waals surface area contributed by atoms with Gasteiger partial charge in [-0.05, 0) is 32.1 Å². The molecule has 4 amide bonds. The van der Waals surface area contributed by atoms with Crippen molar-refractivity contribution >= 4 is 17.8 Å². The lowest BCUT2D eigenvalue weighted by Crippen LogP contribution is -2.60. The van der Waals surface area contributed by atoms with Crippen molar-refractivity contribution in [2.24, 2.45) is 5.92 Å². The van der Waals surface area contributed by atoms with Crippen molar-refractivity contribution in [3.05, 3.63) is 11.6 Å². The minimum atomic E-state index is -1.18. The van der Waals surface area contributed by atoms with Gasteiger partial charge in [0.05, 0.1) is 6.10 Å². The lowest BCUT2D eigenvalue weighted by atomic mass is 9.92. The normalized spacial score (nSPS) is 23.0. The van der Waals surface area contributed by atoms with Crippen LogP contribution in [0.5, 0.6) is 0 Å². The second-order valence-electron chi connectivity index (χ2n) is 6.35. The van der Waals surface area contributed by atoms with Crippen LogP contribution in [0.15, 0.2) is 11.6 Å². The van der Waals surface area contributed by atoms with Crippen LogP contribution in [0.1, 0.15) is 58.3 Å². The van der Waals surface area contributed by atoms with Crippen molar-refractivity contribution in [2.75, 3.05) is 6.54 Å². The predicted octanol–water partition coefficient (Wildman–Crippen LogP) is 2.12. The molecule has 2 unspecified atom stereocenters. The van der Waals surface area contributed by atoms with Gasteiger partial charge in [-0.1, -0.05) is 37.8 Å². The molecule has 2 N–H and O–H groups in total. The van der Waals surface area contributed by atoms with Gasteiger partial charge in [-0.2, -0.15) is 0 Å². The zero-order chi connectivity index (χ0) is 16.8. The van der Waals surface area contributed by atoms with Gasteiger partial charge in [-0.3, -0.25) is 19.8 Å². The predicted molar refractivity (Wildman–Crippen MR) is 85.4 cm³/mol. The van der Waals surface area contributed by atoms with E-state index < -0.39 is 29.9 Å². The minimum Gasteiger partial charge on any atom is -0.391 e. The highest BCUT2D eigenvalue weighted by Gasteiger charge is 2.44. The summed E-state index contributed by atoms with van der Waals surface area (Å²) >= 11 is 0. The Bertz CT molecular complexity index is 501. The van der Waals surface area contributed by atoms with Crippen LogP contribution in [0.25, 0.3) is 0 Å². The summed E-state index contributed by atoms with van der Waals surface area (Å²) in [7, 11) is 0. The van der Waals surface area contributed by atoms with Gasteiger partial charge in [0.1, 0.15) is 5.92 Å². The first-order chi connectivity index (χ1) is 11.0. The highest BCUT2D eigenvalue weighted by Crippen LogP contribution is 2.26. The molecule has 1 aliphatic heterocycles. The molecule has 2 atom stereocenters. The quantitative estimate of drug-likeness (QED) is 0.407. The molecule has 6 nitrogen and oxygen atoms in total. The standard InChI is InChI=1S/C17H26N2O4/c1-2-3-4-7-10-19-16(22)14(15(21)18-17(19)23)13(20)11-12-8-5-6-9-12/h8,13-14,20H,2-7,9-11H2,1H3,(H,18,21,23). The largest absolute Gasteiger partial charge is 0.391 e. The Morgan fingerprint density at radius 3 is 2.74 bits per heavy atom. The number of aliphatic hydroxyl groups excluding tert-OH is 1. The van der Waals surface area contributed by atoms with E-state index in [0.717, 1.165) is 55.4 Å². The van der Waals surface area contributed by atoms with Gasteiger partial charge in [0.2, 0.25) is 11.8 Å². The molecular weight excluding hydrogens is 296 g/mol. The molecule has 2 aliphatic rings. The van der Waals surface area contributed by atoms with Gasteiger partial charge in [0.15, 0.2) is 0 Å². The van der Waals surface area contributed by atoms with E-state index in [1.54, 1.807) is 0 Å². The number of hydrogen-bond acceptors (Lipinski definition) is 4. The number of imide groups is 2. The van der Waals surface area contributed by atoms with E-state index >= 15 is 0 Å². The number of rotatable bonds is 8. The molecule has 0 bridgehead atoms. The Labute approximate surface area is 136 Å². The molecule has 0 aromatic carbocycles. The first-order valence-electron chi connectivity index (χ1n) is 8.56. The summed E-state index contributed by atoms with van der Waals surface area (Å²) in [5.41, 5.74) is 1.09. The summed E-state index contributed by atoms with van der Waals surface area (Å²) in [5, 5.41) is 12.5. The third-order valence-electron chi connectivity index (χ3n) is 4.52. The second-order valence-corrected chi connectivity index (χ2v) is 6.35. The number of allylic oxidation sites excluding steroid dienone is 1. The first kappa shape index (κ1) is 17.7. The molecule has 1 fully saturated rings. The minimum absolute atomic E-state index is 0.295. The molecule has 0 spiro atoms. The Balaban J connectivity index is 1.98. The zero-order valence-corrected chi connectivity index (χ0v) is 13.7. The van der Waals surface area contributed by atoms with Crippen LogP contribution < -0.4 is 5.32 Å². The number of barbiturate groups is 1. The number of unbranched alkanes of at least 4 members (excludes halogenated alkanes) is 3. The average Bonchev–Trinajstić information content (AvgIpc) is 2.98. The molecule has 0 aromatic heterocycles. The third-order valence-corrected chi connectivity index (χ3v) is 4.52. The third kappa shape index (κ3) is 4.41. The van der Waals surface area contributed by atoms with Crippen LogP contribution in [0, 0.1) is 5.92 Å². The molecule has 1 heterocycles. The first-order valence-corrected chi connectivity index (χ1v) is 8.56. The number of urea groups is 1. The van der Waals surface area contributed by atoms with Crippen molar-refractivity contribution in [2.45, 2.75) is 64.4 Å². The summed E-state index contributed by atoms with van der Waals surface area (Å²) in [6.07, 6.45) is 8.00. The number of nitrogens with zero attached hydrogens (tertiary/aromatic N) is 1. The van der Waals surface area contributed by atoms with Crippen LogP contribution in [-0.2, 0) is 9.59 Å². The van der Waals surface area contributed by atoms with Gasteiger partial charge < -0.3 is 5.11 Å². The van der Waals surface area contributed by atoms with E-state index in [2.05, 4.69) is 18.3 Å². The molecule has 6 heteroatoms. The molecule has 0 aromatic rings. The molecule has 0 saturated carbocycles. The van der Waals surface area contributed by atoms with Gasteiger partial charge >= 0.3 is 6.03 Å². The lowest BCUT2D eigenvalue weighted by Gasteiger charge is -2.32. The Morgan fingerprint density at radius 1 is 1.30 bits per heavy atom. The van der Waals surface area contributed by atoms with E-state index in [0.29, 0.717) is 13.0 Å². The van der Waals surface area contributed by atoms with E-state index in [1.165, 1.54) is 0 Å². The lowest BCUT2D eigenvalue weighted by molar-refractivity contribution is -0.147. The maximum absolute atomic E-state index is 12.5. The summed E-state index contributed by atoms with van der Waals surface area (Å²) < 4.78 is 0. The maximum atomic E-state index is 12.5. The Kier molecular flexibility index (Phi) is 6.33. The number of amides is 4. The van der Waals surface area contributed by atoms with Crippen LogP contribution >= 0.6 is 0 Å². The number of hydrogen-bond donors (Lipinski definition) is 2. The number of carbonyl (C=O) groups is 3. The fraction of sp³-hybridized carbons (Fsp3) is 0.706. The van der Waals surface area contributed by atoms with E-state index in [4.69, 9.17) is 0 Å². The number of carbonyl (C=O) groups excluding carboxylic acids is 3. The number of nitrogens with one attached hydrogen (secondary N) is 1. The van der Waals surface area contributed by atoms with Crippen LogP contribution in [-0.4, -0.2) is 40.5 Å². The molecule has 128 valence electrons. The monoisotopic (exact) mass is 322 g/mol. The molecule has 23 heavy (non-hydrogen) atoms. The maximum Gasteiger partial charge on any atom is 0.330 e. The van der Waals surface area contributed by atoms with E-state index in [1.807, 2.05) is 0 Å². The SMILES string of the molecule is CCCCCCN1C(=O)NC(=O)C(C(O)CC2=CCCC2)C1=O. The van der Waals surface area contributed by atoms with Gasteiger partial charge in [-0.15, -0.1) is 0 Å². The van der Waals surface area contributed by atoms with Crippen molar-refractivity contribution < 1.29 is 19.5 Å². The fourth-order valence-electron chi connectivity index (χ4n) is 3.19. The second kappa shape index (κ2) is 8.24.